The van der Waals surface area contributed by atoms with E-state index in [1.807, 2.05) is 32.7 Å². The molecule has 0 aliphatic carbocycles. The van der Waals surface area contributed by atoms with Crippen LogP contribution in [0.25, 0.3) is 0 Å². The van der Waals surface area contributed by atoms with Crippen molar-refractivity contribution in [3.05, 3.63) is 0 Å². The van der Waals surface area contributed by atoms with Gasteiger partial charge in [-0.25, -0.2) is 0 Å². The molecule has 0 bridgehead atoms. The van der Waals surface area contributed by atoms with Crippen LogP contribution in [-0.2, 0) is 14.3 Å². The summed E-state index contributed by atoms with van der Waals surface area (Å²) in [5, 5.41) is 3.01. The fraction of sp³-hybridized carbons (Fsp3) is 0.889. The highest BCUT2D eigenvalue weighted by Crippen LogP contribution is 2.21. The van der Waals surface area contributed by atoms with Crippen molar-refractivity contribution in [2.45, 2.75) is 64.6 Å². The van der Waals surface area contributed by atoms with E-state index >= 15 is 0 Å². The van der Waals surface area contributed by atoms with Gasteiger partial charge < -0.3 is 15.0 Å². The van der Waals surface area contributed by atoms with Gasteiger partial charge in [0.2, 0.25) is 11.8 Å². The van der Waals surface area contributed by atoms with Crippen LogP contribution in [0.3, 0.4) is 0 Å². The number of nitrogens with one attached hydrogen (secondary N) is 1. The van der Waals surface area contributed by atoms with Gasteiger partial charge in [-0.3, -0.25) is 14.5 Å². The van der Waals surface area contributed by atoms with E-state index in [0.29, 0.717) is 6.54 Å². The fourth-order valence-corrected chi connectivity index (χ4v) is 3.41. The van der Waals surface area contributed by atoms with E-state index in [0.717, 1.165) is 45.4 Å². The Labute approximate surface area is 145 Å². The van der Waals surface area contributed by atoms with Gasteiger partial charge in [-0.15, -0.1) is 0 Å². The number of amides is 2. The summed E-state index contributed by atoms with van der Waals surface area (Å²) in [6.45, 7) is 9.04. The predicted octanol–water partition coefficient (Wildman–Crippen LogP) is 1.25. The Bertz CT molecular complexity index is 427. The number of ether oxygens (including phenoxy) is 1. The summed E-state index contributed by atoms with van der Waals surface area (Å²) < 4.78 is 5.54. The molecule has 0 spiro atoms. The standard InChI is InChI=1S/C18H33N3O3/c1-13(2)20(4)18(23)15-7-9-21(10-8-15)14(3)17(22)19-12-16-6-5-11-24-16/h13-16H,5-12H2,1-4H3,(H,19,22). The van der Waals surface area contributed by atoms with Crippen LogP contribution in [0.4, 0.5) is 0 Å². The van der Waals surface area contributed by atoms with Crippen molar-refractivity contribution >= 4 is 11.8 Å². The Balaban J connectivity index is 1.74. The SMILES string of the molecule is CC(C(=O)NCC1CCCO1)N1CCC(C(=O)N(C)C(C)C)CC1. The molecule has 0 saturated carbocycles. The minimum atomic E-state index is -0.148. The van der Waals surface area contributed by atoms with Crippen molar-refractivity contribution in [2.75, 3.05) is 33.3 Å². The van der Waals surface area contributed by atoms with Crippen molar-refractivity contribution in [1.29, 1.82) is 0 Å². The Hall–Kier alpha value is -1.14. The fourth-order valence-electron chi connectivity index (χ4n) is 3.41. The highest BCUT2D eigenvalue weighted by molar-refractivity contribution is 5.81. The minimum Gasteiger partial charge on any atom is -0.376 e. The average molecular weight is 339 g/mol. The van der Waals surface area contributed by atoms with Crippen LogP contribution in [0, 0.1) is 5.92 Å². The third kappa shape index (κ3) is 4.93. The molecule has 2 aliphatic rings. The van der Waals surface area contributed by atoms with Crippen molar-refractivity contribution in [2.24, 2.45) is 5.92 Å². The molecule has 138 valence electrons. The first-order chi connectivity index (χ1) is 11.4. The summed E-state index contributed by atoms with van der Waals surface area (Å²) in [5.41, 5.74) is 0. The maximum atomic E-state index is 12.4. The summed E-state index contributed by atoms with van der Waals surface area (Å²) in [6.07, 6.45) is 3.96. The number of likely N-dealkylation sites (tertiary alicyclic amines) is 1. The van der Waals surface area contributed by atoms with Crippen molar-refractivity contribution in [3.8, 4) is 0 Å². The first-order valence-corrected chi connectivity index (χ1v) is 9.30. The van der Waals surface area contributed by atoms with E-state index in [-0.39, 0.29) is 35.9 Å². The molecule has 0 aromatic rings. The van der Waals surface area contributed by atoms with E-state index < -0.39 is 0 Å². The lowest BCUT2D eigenvalue weighted by molar-refractivity contribution is -0.137. The number of nitrogens with zero attached hydrogens (tertiary/aromatic N) is 2. The van der Waals surface area contributed by atoms with Gasteiger partial charge in [0.15, 0.2) is 0 Å². The number of rotatable bonds is 6. The van der Waals surface area contributed by atoms with Crippen LogP contribution in [-0.4, -0.2) is 73.1 Å². The molecule has 1 N–H and O–H groups in total. The molecule has 24 heavy (non-hydrogen) atoms. The third-order valence-electron chi connectivity index (χ3n) is 5.46. The summed E-state index contributed by atoms with van der Waals surface area (Å²) in [4.78, 5) is 28.8. The molecule has 2 saturated heterocycles. The maximum absolute atomic E-state index is 12.4. The second kappa shape index (κ2) is 8.81. The molecule has 0 aromatic carbocycles. The minimum absolute atomic E-state index is 0.0644. The Morgan fingerprint density at radius 1 is 1.21 bits per heavy atom. The number of carbonyl (C=O) groups is 2. The lowest BCUT2D eigenvalue weighted by Gasteiger charge is -2.36. The van der Waals surface area contributed by atoms with Gasteiger partial charge in [0, 0.05) is 32.2 Å². The predicted molar refractivity (Wildman–Crippen MR) is 93.6 cm³/mol. The van der Waals surface area contributed by atoms with E-state index in [2.05, 4.69) is 10.2 Å². The number of hydrogen-bond donors (Lipinski definition) is 1. The van der Waals surface area contributed by atoms with Gasteiger partial charge in [-0.1, -0.05) is 0 Å². The van der Waals surface area contributed by atoms with Crippen molar-refractivity contribution < 1.29 is 14.3 Å². The number of piperidine rings is 1. The maximum Gasteiger partial charge on any atom is 0.237 e. The Kier molecular flexibility index (Phi) is 7.04. The highest BCUT2D eigenvalue weighted by atomic mass is 16.5. The average Bonchev–Trinajstić information content (AvgIpc) is 3.11. The van der Waals surface area contributed by atoms with E-state index in [4.69, 9.17) is 4.74 Å². The first kappa shape index (κ1) is 19.2. The normalized spacial score (nSPS) is 24.1. The summed E-state index contributed by atoms with van der Waals surface area (Å²) in [5.74, 6) is 0.394. The first-order valence-electron chi connectivity index (χ1n) is 9.30. The van der Waals surface area contributed by atoms with E-state index in [9.17, 15) is 9.59 Å². The summed E-state index contributed by atoms with van der Waals surface area (Å²) in [7, 11) is 1.88. The molecule has 0 aromatic heterocycles. The molecule has 2 atom stereocenters. The van der Waals surface area contributed by atoms with Gasteiger partial charge in [0.1, 0.15) is 0 Å². The van der Waals surface area contributed by atoms with Crippen LogP contribution in [0.2, 0.25) is 0 Å². The van der Waals surface area contributed by atoms with Gasteiger partial charge in [-0.05, 0) is 59.5 Å². The molecule has 0 radical (unpaired) electrons. The van der Waals surface area contributed by atoms with Crippen LogP contribution in [0.15, 0.2) is 0 Å². The molecular weight excluding hydrogens is 306 g/mol. The zero-order chi connectivity index (χ0) is 17.7. The van der Waals surface area contributed by atoms with E-state index in [1.165, 1.54) is 0 Å². The highest BCUT2D eigenvalue weighted by Gasteiger charge is 2.31. The van der Waals surface area contributed by atoms with Gasteiger partial charge >= 0.3 is 0 Å². The molecule has 2 unspecified atom stereocenters. The molecule has 6 nitrogen and oxygen atoms in total. The van der Waals surface area contributed by atoms with Gasteiger partial charge in [-0.2, -0.15) is 0 Å². The Morgan fingerprint density at radius 3 is 2.42 bits per heavy atom. The lowest BCUT2D eigenvalue weighted by Crippen LogP contribution is -2.51. The molecule has 6 heteroatoms. The molecule has 2 heterocycles. The second-order valence-corrected chi connectivity index (χ2v) is 7.41. The summed E-state index contributed by atoms with van der Waals surface area (Å²) >= 11 is 0. The molecular formula is C18H33N3O3. The zero-order valence-corrected chi connectivity index (χ0v) is 15.6. The molecule has 2 aliphatic heterocycles. The summed E-state index contributed by atoms with van der Waals surface area (Å²) in [6, 6.07) is 0.0864. The van der Waals surface area contributed by atoms with Crippen molar-refractivity contribution in [3.63, 3.8) is 0 Å². The third-order valence-corrected chi connectivity index (χ3v) is 5.46. The molecule has 2 rings (SSSR count). The smallest absolute Gasteiger partial charge is 0.237 e. The van der Waals surface area contributed by atoms with Crippen molar-refractivity contribution in [1.82, 2.24) is 15.1 Å². The lowest BCUT2D eigenvalue weighted by atomic mass is 9.94. The molecule has 2 amide bonds. The van der Waals surface area contributed by atoms with Crippen LogP contribution < -0.4 is 5.32 Å². The molecule has 2 fully saturated rings. The zero-order valence-electron chi connectivity index (χ0n) is 15.6. The number of hydrogen-bond acceptors (Lipinski definition) is 4. The van der Waals surface area contributed by atoms with Gasteiger partial charge in [0.25, 0.3) is 0 Å². The van der Waals surface area contributed by atoms with Crippen LogP contribution in [0.1, 0.15) is 46.5 Å². The van der Waals surface area contributed by atoms with Crippen LogP contribution in [0.5, 0.6) is 0 Å². The number of carbonyl (C=O) groups excluding carboxylic acids is 2. The Morgan fingerprint density at radius 2 is 1.88 bits per heavy atom. The quantitative estimate of drug-likeness (QED) is 0.791. The van der Waals surface area contributed by atoms with Gasteiger partial charge in [0.05, 0.1) is 12.1 Å². The monoisotopic (exact) mass is 339 g/mol. The van der Waals surface area contributed by atoms with Crippen LogP contribution >= 0.6 is 0 Å². The second-order valence-electron chi connectivity index (χ2n) is 7.41. The van der Waals surface area contributed by atoms with E-state index in [1.54, 1.807) is 0 Å². The largest absolute Gasteiger partial charge is 0.376 e. The topological polar surface area (TPSA) is 61.9 Å².